The Morgan fingerprint density at radius 2 is 1.65 bits per heavy atom. The molecule has 0 radical (unpaired) electrons. The average Bonchev–Trinajstić information content (AvgIpc) is 3.29. The van der Waals surface area contributed by atoms with E-state index >= 15 is 0 Å². The second-order valence-corrected chi connectivity index (χ2v) is 6.53. The van der Waals surface area contributed by atoms with Gasteiger partial charge >= 0.3 is 0 Å². The highest BCUT2D eigenvalue weighted by Gasteiger charge is 2.19. The van der Waals surface area contributed by atoms with Gasteiger partial charge in [0.1, 0.15) is 17.3 Å². The lowest BCUT2D eigenvalue weighted by Crippen LogP contribution is -2.13. The molecule has 7 nitrogen and oxygen atoms in total. The SMILES string of the molecule is COc1cc(NC(=O)c2ccccc2-c2nc(-c3ccc(F)cc3)no2)cc(OC)c1. The summed E-state index contributed by atoms with van der Waals surface area (Å²) in [5.74, 6) is 0.833. The van der Waals surface area contributed by atoms with Crippen molar-refractivity contribution in [1.82, 2.24) is 10.1 Å². The maximum atomic E-state index is 13.2. The molecular formula is C23H18FN3O4. The average molecular weight is 419 g/mol. The second kappa shape index (κ2) is 8.66. The van der Waals surface area contributed by atoms with E-state index in [0.29, 0.717) is 39.7 Å². The number of carbonyl (C=O) groups is 1. The largest absolute Gasteiger partial charge is 0.497 e. The van der Waals surface area contributed by atoms with Gasteiger partial charge in [0.15, 0.2) is 0 Å². The number of benzene rings is 3. The molecule has 8 heteroatoms. The molecule has 1 amide bonds. The van der Waals surface area contributed by atoms with Gasteiger partial charge < -0.3 is 19.3 Å². The van der Waals surface area contributed by atoms with Gasteiger partial charge in [-0.3, -0.25) is 4.79 Å². The molecule has 1 N–H and O–H groups in total. The quantitative estimate of drug-likeness (QED) is 0.483. The van der Waals surface area contributed by atoms with E-state index < -0.39 is 0 Å². The Morgan fingerprint density at radius 3 is 2.32 bits per heavy atom. The van der Waals surface area contributed by atoms with Crippen LogP contribution < -0.4 is 14.8 Å². The molecule has 0 unspecified atom stereocenters. The van der Waals surface area contributed by atoms with Gasteiger partial charge in [0.05, 0.1) is 25.3 Å². The fraction of sp³-hybridized carbons (Fsp3) is 0.0870. The van der Waals surface area contributed by atoms with Crippen LogP contribution in [0.3, 0.4) is 0 Å². The summed E-state index contributed by atoms with van der Waals surface area (Å²) in [7, 11) is 3.06. The van der Waals surface area contributed by atoms with Crippen LogP contribution in [0.4, 0.5) is 10.1 Å². The zero-order chi connectivity index (χ0) is 21.8. The van der Waals surface area contributed by atoms with Gasteiger partial charge in [-0.05, 0) is 36.4 Å². The number of carbonyl (C=O) groups excluding carboxylic acids is 1. The summed E-state index contributed by atoms with van der Waals surface area (Å²) in [5, 5.41) is 6.78. The number of ether oxygens (including phenoxy) is 2. The molecule has 3 aromatic carbocycles. The molecule has 4 rings (SSSR count). The topological polar surface area (TPSA) is 86.5 Å². The second-order valence-electron chi connectivity index (χ2n) is 6.53. The van der Waals surface area contributed by atoms with Crippen molar-refractivity contribution >= 4 is 11.6 Å². The number of anilines is 1. The third kappa shape index (κ3) is 4.37. The normalized spacial score (nSPS) is 10.5. The zero-order valence-corrected chi connectivity index (χ0v) is 16.8. The molecule has 0 aliphatic rings. The van der Waals surface area contributed by atoms with Crippen molar-refractivity contribution in [3.8, 4) is 34.3 Å². The number of rotatable bonds is 6. The zero-order valence-electron chi connectivity index (χ0n) is 16.8. The van der Waals surface area contributed by atoms with Crippen LogP contribution in [0.1, 0.15) is 10.4 Å². The lowest BCUT2D eigenvalue weighted by molar-refractivity contribution is 0.102. The third-order valence-electron chi connectivity index (χ3n) is 4.54. The van der Waals surface area contributed by atoms with Crippen molar-refractivity contribution < 1.29 is 23.2 Å². The van der Waals surface area contributed by atoms with Crippen molar-refractivity contribution in [1.29, 1.82) is 0 Å². The lowest BCUT2D eigenvalue weighted by atomic mass is 10.1. The summed E-state index contributed by atoms with van der Waals surface area (Å²) in [6.07, 6.45) is 0. The van der Waals surface area contributed by atoms with Crippen LogP contribution in [0.2, 0.25) is 0 Å². The number of aromatic nitrogens is 2. The minimum Gasteiger partial charge on any atom is -0.497 e. The number of halogens is 1. The first-order chi connectivity index (χ1) is 15.1. The van der Waals surface area contributed by atoms with Crippen LogP contribution in [0.15, 0.2) is 71.3 Å². The molecule has 4 aromatic rings. The van der Waals surface area contributed by atoms with Crippen molar-refractivity contribution in [2.24, 2.45) is 0 Å². The van der Waals surface area contributed by atoms with Crippen LogP contribution >= 0.6 is 0 Å². The monoisotopic (exact) mass is 419 g/mol. The molecule has 1 heterocycles. The van der Waals surface area contributed by atoms with E-state index in [4.69, 9.17) is 14.0 Å². The Bertz CT molecular complexity index is 1200. The number of hydrogen-bond donors (Lipinski definition) is 1. The highest BCUT2D eigenvalue weighted by molar-refractivity contribution is 6.08. The minimum atomic E-state index is -0.368. The molecule has 0 spiro atoms. The van der Waals surface area contributed by atoms with E-state index in [9.17, 15) is 9.18 Å². The van der Waals surface area contributed by atoms with E-state index in [1.165, 1.54) is 26.4 Å². The first-order valence-corrected chi connectivity index (χ1v) is 9.31. The molecule has 0 saturated carbocycles. The maximum absolute atomic E-state index is 13.2. The van der Waals surface area contributed by atoms with Crippen molar-refractivity contribution in [2.45, 2.75) is 0 Å². The Labute approximate surface area is 177 Å². The molecule has 31 heavy (non-hydrogen) atoms. The van der Waals surface area contributed by atoms with Crippen LogP contribution in [-0.4, -0.2) is 30.3 Å². The molecule has 0 fully saturated rings. The van der Waals surface area contributed by atoms with Crippen LogP contribution in [0.25, 0.3) is 22.8 Å². The maximum Gasteiger partial charge on any atom is 0.259 e. The number of methoxy groups -OCH3 is 2. The van der Waals surface area contributed by atoms with E-state index in [-0.39, 0.29) is 17.6 Å². The van der Waals surface area contributed by atoms with Gasteiger partial charge in [0.2, 0.25) is 5.82 Å². The van der Waals surface area contributed by atoms with Gasteiger partial charge in [0.25, 0.3) is 11.8 Å². The fourth-order valence-electron chi connectivity index (χ4n) is 2.99. The Kier molecular flexibility index (Phi) is 5.61. The number of amides is 1. The Balaban J connectivity index is 1.63. The Morgan fingerprint density at radius 1 is 0.968 bits per heavy atom. The highest BCUT2D eigenvalue weighted by atomic mass is 19.1. The first-order valence-electron chi connectivity index (χ1n) is 9.31. The van der Waals surface area contributed by atoms with Gasteiger partial charge in [-0.1, -0.05) is 17.3 Å². The Hall–Kier alpha value is -4.20. The van der Waals surface area contributed by atoms with E-state index in [1.54, 1.807) is 54.6 Å². The van der Waals surface area contributed by atoms with Crippen LogP contribution in [-0.2, 0) is 0 Å². The fourth-order valence-corrected chi connectivity index (χ4v) is 2.99. The molecule has 0 bridgehead atoms. The smallest absolute Gasteiger partial charge is 0.259 e. The molecule has 1 aromatic heterocycles. The summed E-state index contributed by atoms with van der Waals surface area (Å²) < 4.78 is 29.0. The summed E-state index contributed by atoms with van der Waals surface area (Å²) in [6, 6.07) is 17.7. The number of nitrogens with zero attached hydrogens (tertiary/aromatic N) is 2. The minimum absolute atomic E-state index is 0.174. The molecule has 0 saturated heterocycles. The predicted octanol–water partition coefficient (Wildman–Crippen LogP) is 4.81. The highest BCUT2D eigenvalue weighted by Crippen LogP contribution is 2.28. The van der Waals surface area contributed by atoms with E-state index in [1.807, 2.05) is 0 Å². The van der Waals surface area contributed by atoms with Crippen molar-refractivity contribution in [3.05, 3.63) is 78.1 Å². The molecule has 0 atom stereocenters. The van der Waals surface area contributed by atoms with Crippen LogP contribution in [0.5, 0.6) is 11.5 Å². The number of nitrogens with one attached hydrogen (secondary N) is 1. The van der Waals surface area contributed by atoms with Gasteiger partial charge in [0, 0.05) is 29.4 Å². The van der Waals surface area contributed by atoms with Crippen LogP contribution in [0, 0.1) is 5.82 Å². The van der Waals surface area contributed by atoms with Crippen molar-refractivity contribution in [2.75, 3.05) is 19.5 Å². The molecular weight excluding hydrogens is 401 g/mol. The van der Waals surface area contributed by atoms with Gasteiger partial charge in [-0.15, -0.1) is 0 Å². The van der Waals surface area contributed by atoms with Gasteiger partial charge in [-0.2, -0.15) is 4.98 Å². The van der Waals surface area contributed by atoms with E-state index in [0.717, 1.165) is 0 Å². The lowest BCUT2D eigenvalue weighted by Gasteiger charge is -2.11. The van der Waals surface area contributed by atoms with Gasteiger partial charge in [-0.25, -0.2) is 4.39 Å². The summed E-state index contributed by atoms with van der Waals surface area (Å²) in [4.78, 5) is 17.4. The third-order valence-corrected chi connectivity index (χ3v) is 4.54. The molecule has 156 valence electrons. The molecule has 0 aliphatic carbocycles. The number of hydrogen-bond acceptors (Lipinski definition) is 6. The predicted molar refractivity (Wildman–Crippen MR) is 113 cm³/mol. The summed E-state index contributed by atoms with van der Waals surface area (Å²) in [5.41, 5.74) is 1.92. The summed E-state index contributed by atoms with van der Waals surface area (Å²) >= 11 is 0. The molecule has 0 aliphatic heterocycles. The van der Waals surface area contributed by atoms with Crippen molar-refractivity contribution in [3.63, 3.8) is 0 Å². The first kappa shape index (κ1) is 20.1. The standard InChI is InChI=1S/C23H18FN3O4/c1-29-17-11-16(12-18(13-17)30-2)25-22(28)19-5-3-4-6-20(19)23-26-21(27-31-23)14-7-9-15(24)10-8-14/h3-13H,1-2H3,(H,25,28). The van der Waals surface area contributed by atoms with E-state index in [2.05, 4.69) is 15.5 Å². The summed E-state index contributed by atoms with van der Waals surface area (Å²) in [6.45, 7) is 0.